The fourth-order valence-corrected chi connectivity index (χ4v) is 3.50. The minimum absolute atomic E-state index is 0.00385. The zero-order valence-electron chi connectivity index (χ0n) is 16.1. The molecule has 0 aliphatic heterocycles. The van der Waals surface area contributed by atoms with Crippen LogP contribution in [-0.2, 0) is 30.3 Å². The molecule has 2 aromatic rings. The molecule has 0 spiro atoms. The topological polar surface area (TPSA) is 156 Å². The van der Waals surface area contributed by atoms with Crippen LogP contribution in [0.25, 0.3) is 10.8 Å². The lowest BCUT2D eigenvalue weighted by molar-refractivity contribution is -0.191. The zero-order valence-corrected chi connectivity index (χ0v) is 16.1. The number of nitrogens with zero attached hydrogens (tertiary/aromatic N) is 1. The number of hydrogen-bond acceptors (Lipinski definition) is 8. The number of esters is 2. The molecule has 10 nitrogen and oxygen atoms in total. The predicted molar refractivity (Wildman–Crippen MR) is 102 cm³/mol. The first-order valence-corrected chi connectivity index (χ1v) is 9.58. The first kappa shape index (κ1) is 21.4. The van der Waals surface area contributed by atoms with Gasteiger partial charge in [-0.05, 0) is 37.7 Å². The van der Waals surface area contributed by atoms with Gasteiger partial charge in [0.1, 0.15) is 0 Å². The lowest BCUT2D eigenvalue weighted by atomic mass is 9.82. The Kier molecular flexibility index (Phi) is 6.78. The average Bonchev–Trinajstić information content (AvgIpc) is 2.74. The lowest BCUT2D eigenvalue weighted by Gasteiger charge is -2.25. The van der Waals surface area contributed by atoms with Gasteiger partial charge in [-0.3, -0.25) is 14.4 Å². The van der Waals surface area contributed by atoms with Gasteiger partial charge < -0.3 is 19.7 Å². The number of rotatable bonds is 7. The summed E-state index contributed by atoms with van der Waals surface area (Å²) in [5.41, 5.74) is -0.158. The number of aliphatic carboxylic acids is 1. The Morgan fingerprint density at radius 1 is 1.13 bits per heavy atom. The molecule has 1 saturated carbocycles. The molecule has 0 amide bonds. The second-order valence-electron chi connectivity index (χ2n) is 7.25. The number of carboxylic acid groups (broad SMARTS) is 1. The smallest absolute Gasteiger partial charge is 0.376 e. The molecule has 0 bridgehead atoms. The molecule has 1 unspecified atom stereocenters. The van der Waals surface area contributed by atoms with Crippen molar-refractivity contribution in [2.75, 3.05) is 6.61 Å². The monoisotopic (exact) mass is 418 g/mol. The number of benzene rings is 1. The van der Waals surface area contributed by atoms with E-state index in [9.17, 15) is 24.3 Å². The number of carbonyl (C=O) groups is 3. The number of nitrogens with one attached hydrogen (secondary N) is 1. The third-order valence-electron chi connectivity index (χ3n) is 5.19. The van der Waals surface area contributed by atoms with E-state index in [0.717, 1.165) is 0 Å². The molecule has 3 rings (SSSR count). The van der Waals surface area contributed by atoms with Crippen LogP contribution in [0.2, 0.25) is 0 Å². The van der Waals surface area contributed by atoms with Gasteiger partial charge in [0.25, 0.3) is 11.8 Å². The normalized spacial score (nSPS) is 19.8. The van der Waals surface area contributed by atoms with Gasteiger partial charge in [-0.2, -0.15) is 5.10 Å². The van der Waals surface area contributed by atoms with E-state index in [-0.39, 0.29) is 30.6 Å². The summed E-state index contributed by atoms with van der Waals surface area (Å²) in [5, 5.41) is 25.7. The average molecular weight is 418 g/mol. The summed E-state index contributed by atoms with van der Waals surface area (Å²) < 4.78 is 9.72. The third kappa shape index (κ3) is 5.20. The molecule has 0 radical (unpaired) electrons. The van der Waals surface area contributed by atoms with E-state index in [1.807, 2.05) is 0 Å². The number of aliphatic hydroxyl groups excluding tert-OH is 1. The van der Waals surface area contributed by atoms with Crippen molar-refractivity contribution in [1.82, 2.24) is 10.2 Å². The molecule has 1 aliphatic carbocycles. The molecule has 1 aromatic carbocycles. The Hall–Kier alpha value is -3.27. The van der Waals surface area contributed by atoms with Crippen LogP contribution in [0.4, 0.5) is 0 Å². The molecule has 1 fully saturated rings. The number of fused-ring (bicyclic) bond motifs is 1. The van der Waals surface area contributed by atoms with Crippen LogP contribution in [0.1, 0.15) is 31.4 Å². The van der Waals surface area contributed by atoms with Crippen LogP contribution < -0.4 is 5.56 Å². The molecule has 3 N–H and O–H groups in total. The van der Waals surface area contributed by atoms with Crippen LogP contribution in [0.5, 0.6) is 0 Å². The molecular formula is C20H22N2O8. The van der Waals surface area contributed by atoms with Gasteiger partial charge in [0.15, 0.2) is 0 Å². The van der Waals surface area contributed by atoms with Crippen LogP contribution in [0.15, 0.2) is 29.1 Å². The number of carbonyl (C=O) groups excluding carboxylic acids is 2. The van der Waals surface area contributed by atoms with Gasteiger partial charge in [0.2, 0.25) is 0 Å². The zero-order chi connectivity index (χ0) is 21.7. The van der Waals surface area contributed by atoms with Crippen molar-refractivity contribution in [3.05, 3.63) is 40.3 Å². The lowest BCUT2D eigenvalue weighted by Crippen LogP contribution is -2.32. The van der Waals surface area contributed by atoms with Crippen molar-refractivity contribution in [1.29, 1.82) is 0 Å². The maximum atomic E-state index is 12.1. The highest BCUT2D eigenvalue weighted by Gasteiger charge is 2.28. The maximum Gasteiger partial charge on any atom is 0.376 e. The number of aromatic nitrogens is 2. The molecule has 160 valence electrons. The van der Waals surface area contributed by atoms with E-state index in [1.165, 1.54) is 0 Å². The SMILES string of the molecule is O=C(Cc1n[nH]c(=O)c2ccccc12)OC(O)C(=O)OCC1CCC(C(=O)O)CC1. The number of carboxylic acids is 1. The van der Waals surface area contributed by atoms with Crippen LogP contribution in [0, 0.1) is 11.8 Å². The van der Waals surface area contributed by atoms with E-state index >= 15 is 0 Å². The Balaban J connectivity index is 1.49. The molecule has 0 saturated heterocycles. The molecule has 1 heterocycles. The summed E-state index contributed by atoms with van der Waals surface area (Å²) in [6, 6.07) is 6.58. The minimum atomic E-state index is -2.08. The fraction of sp³-hybridized carbons (Fsp3) is 0.450. The number of aromatic amines is 1. The quantitative estimate of drug-likeness (QED) is 0.436. The highest BCUT2D eigenvalue weighted by molar-refractivity contribution is 5.87. The van der Waals surface area contributed by atoms with Gasteiger partial charge >= 0.3 is 17.9 Å². The Bertz CT molecular complexity index is 994. The Labute approximate surface area is 170 Å². The molecule has 1 aromatic heterocycles. The molecule has 30 heavy (non-hydrogen) atoms. The van der Waals surface area contributed by atoms with E-state index in [4.69, 9.17) is 14.6 Å². The summed E-state index contributed by atoms with van der Waals surface area (Å²) in [6.07, 6.45) is -0.219. The molecule has 1 aliphatic rings. The fourth-order valence-electron chi connectivity index (χ4n) is 3.50. The summed E-state index contributed by atoms with van der Waals surface area (Å²) in [4.78, 5) is 46.7. The first-order chi connectivity index (χ1) is 14.3. The number of H-pyrrole nitrogens is 1. The van der Waals surface area contributed by atoms with Crippen molar-refractivity contribution < 1.29 is 34.1 Å². The summed E-state index contributed by atoms with van der Waals surface area (Å²) in [6.45, 7) is 0.0197. The Morgan fingerprint density at radius 2 is 1.80 bits per heavy atom. The van der Waals surface area contributed by atoms with Gasteiger partial charge in [0.05, 0.1) is 30.0 Å². The van der Waals surface area contributed by atoms with Gasteiger partial charge in [-0.1, -0.05) is 18.2 Å². The second-order valence-corrected chi connectivity index (χ2v) is 7.25. The first-order valence-electron chi connectivity index (χ1n) is 9.58. The van der Waals surface area contributed by atoms with Gasteiger partial charge in [-0.25, -0.2) is 9.89 Å². The van der Waals surface area contributed by atoms with Crippen molar-refractivity contribution in [2.24, 2.45) is 11.8 Å². The van der Waals surface area contributed by atoms with E-state index in [0.29, 0.717) is 36.5 Å². The Morgan fingerprint density at radius 3 is 2.47 bits per heavy atom. The predicted octanol–water partition coefficient (Wildman–Crippen LogP) is 0.761. The number of hydrogen-bond donors (Lipinski definition) is 3. The maximum absolute atomic E-state index is 12.1. The molecule has 10 heteroatoms. The third-order valence-corrected chi connectivity index (χ3v) is 5.19. The highest BCUT2D eigenvalue weighted by atomic mass is 16.7. The van der Waals surface area contributed by atoms with Gasteiger partial charge in [0, 0.05) is 5.39 Å². The largest absolute Gasteiger partial charge is 0.481 e. The van der Waals surface area contributed by atoms with E-state index < -0.39 is 29.8 Å². The van der Waals surface area contributed by atoms with Crippen molar-refractivity contribution in [3.8, 4) is 0 Å². The summed E-state index contributed by atoms with van der Waals surface area (Å²) >= 11 is 0. The highest BCUT2D eigenvalue weighted by Crippen LogP contribution is 2.29. The standard InChI is InChI=1S/C20H22N2O8/c23-16(9-15-13-3-1-2-4-14(13)17(24)22-21-15)30-20(28)19(27)29-10-11-5-7-12(8-6-11)18(25)26/h1-4,11-12,20,28H,5-10H2,(H,22,24)(H,25,26). The van der Waals surface area contributed by atoms with Crippen molar-refractivity contribution >= 4 is 28.7 Å². The summed E-state index contributed by atoms with van der Waals surface area (Å²) in [7, 11) is 0. The van der Waals surface area contributed by atoms with Crippen molar-refractivity contribution in [3.63, 3.8) is 0 Å². The molecular weight excluding hydrogens is 396 g/mol. The number of aliphatic hydroxyl groups is 1. The number of ether oxygens (including phenoxy) is 2. The van der Waals surface area contributed by atoms with E-state index in [2.05, 4.69) is 10.2 Å². The van der Waals surface area contributed by atoms with Crippen LogP contribution >= 0.6 is 0 Å². The molecule has 1 atom stereocenters. The van der Waals surface area contributed by atoms with Crippen LogP contribution in [0.3, 0.4) is 0 Å². The van der Waals surface area contributed by atoms with E-state index in [1.54, 1.807) is 24.3 Å². The van der Waals surface area contributed by atoms with Crippen molar-refractivity contribution in [2.45, 2.75) is 38.4 Å². The van der Waals surface area contributed by atoms with Gasteiger partial charge in [-0.15, -0.1) is 0 Å². The minimum Gasteiger partial charge on any atom is -0.481 e. The summed E-state index contributed by atoms with van der Waals surface area (Å²) in [5.74, 6) is -3.20. The second kappa shape index (κ2) is 9.49. The van der Waals surface area contributed by atoms with Crippen LogP contribution in [-0.4, -0.2) is 51.2 Å².